The summed E-state index contributed by atoms with van der Waals surface area (Å²) in [5.74, 6) is 0.707. The summed E-state index contributed by atoms with van der Waals surface area (Å²) in [5, 5.41) is 10.0. The first-order valence-corrected chi connectivity index (χ1v) is 6.35. The molecule has 0 spiro atoms. The van der Waals surface area contributed by atoms with Gasteiger partial charge in [-0.2, -0.15) is 0 Å². The van der Waals surface area contributed by atoms with Crippen molar-refractivity contribution in [3.63, 3.8) is 0 Å². The Morgan fingerprint density at radius 2 is 2.31 bits per heavy atom. The van der Waals surface area contributed by atoms with Gasteiger partial charge >= 0.3 is 0 Å². The summed E-state index contributed by atoms with van der Waals surface area (Å²) in [6.07, 6.45) is 8.33. The lowest BCUT2D eigenvalue weighted by Gasteiger charge is -2.41. The van der Waals surface area contributed by atoms with Crippen molar-refractivity contribution in [1.29, 1.82) is 0 Å². The van der Waals surface area contributed by atoms with Crippen LogP contribution in [-0.4, -0.2) is 10.7 Å². The van der Waals surface area contributed by atoms with E-state index < -0.39 is 5.60 Å². The molecule has 1 N–H and O–H groups in total. The van der Waals surface area contributed by atoms with Crippen LogP contribution in [0, 0.1) is 11.3 Å². The summed E-state index contributed by atoms with van der Waals surface area (Å²) in [7, 11) is 0. The van der Waals surface area contributed by atoms with Crippen LogP contribution < -0.4 is 0 Å². The van der Waals surface area contributed by atoms with E-state index in [2.05, 4.69) is 33.4 Å². The van der Waals surface area contributed by atoms with Gasteiger partial charge in [-0.3, -0.25) is 0 Å². The molecule has 92 valence electrons. The molecule has 0 aliphatic heterocycles. The zero-order valence-corrected chi connectivity index (χ0v) is 11.2. The van der Waals surface area contributed by atoms with E-state index in [1.165, 1.54) is 18.4 Å². The molecule has 0 amide bonds. The number of hydrogen-bond acceptors (Lipinski definition) is 1. The predicted octanol–water partition coefficient (Wildman–Crippen LogP) is 4.09. The van der Waals surface area contributed by atoms with E-state index in [-0.39, 0.29) is 5.41 Å². The minimum atomic E-state index is -0.722. The van der Waals surface area contributed by atoms with Crippen molar-refractivity contribution in [2.75, 3.05) is 0 Å². The molecule has 0 heterocycles. The number of aliphatic hydroxyl groups is 1. The van der Waals surface area contributed by atoms with Crippen LogP contribution in [0.25, 0.3) is 0 Å². The highest BCUT2D eigenvalue weighted by atomic mass is 16.3. The van der Waals surface area contributed by atoms with Gasteiger partial charge in [0.2, 0.25) is 0 Å². The van der Waals surface area contributed by atoms with Gasteiger partial charge in [0.05, 0.1) is 5.60 Å². The third kappa shape index (κ3) is 2.76. The number of hydrogen-bond donors (Lipinski definition) is 1. The second-order valence-electron chi connectivity index (χ2n) is 5.84. The van der Waals surface area contributed by atoms with Crippen molar-refractivity contribution >= 4 is 0 Å². The average molecular weight is 222 g/mol. The number of rotatable bonds is 4. The van der Waals surface area contributed by atoms with E-state index in [0.717, 1.165) is 12.8 Å². The van der Waals surface area contributed by atoms with E-state index in [0.29, 0.717) is 5.92 Å². The maximum Gasteiger partial charge on any atom is 0.0797 e. The number of allylic oxidation sites excluding steroid dienone is 2. The first kappa shape index (κ1) is 13.5. The molecule has 0 saturated carbocycles. The van der Waals surface area contributed by atoms with Crippen LogP contribution in [0.4, 0.5) is 0 Å². The second-order valence-corrected chi connectivity index (χ2v) is 5.84. The molecule has 1 nitrogen and oxygen atoms in total. The van der Waals surface area contributed by atoms with E-state index in [1.54, 1.807) is 6.08 Å². The minimum Gasteiger partial charge on any atom is -0.386 e. The molecule has 0 aromatic carbocycles. The predicted molar refractivity (Wildman–Crippen MR) is 70.3 cm³/mol. The highest BCUT2D eigenvalue weighted by molar-refractivity contribution is 5.16. The first-order valence-electron chi connectivity index (χ1n) is 6.35. The van der Waals surface area contributed by atoms with E-state index in [9.17, 15) is 5.11 Å². The molecular formula is C15H26O. The third-order valence-electron chi connectivity index (χ3n) is 4.63. The quantitative estimate of drug-likeness (QED) is 0.710. The molecule has 1 heteroatoms. The highest BCUT2D eigenvalue weighted by Crippen LogP contribution is 2.46. The zero-order chi connectivity index (χ0) is 12.4. The molecule has 0 fully saturated rings. The Labute approximate surface area is 100 Å². The van der Waals surface area contributed by atoms with Crippen molar-refractivity contribution in [2.24, 2.45) is 11.3 Å². The average Bonchev–Trinajstić information content (AvgIpc) is 2.24. The lowest BCUT2D eigenvalue weighted by atomic mass is 9.64. The van der Waals surface area contributed by atoms with Crippen LogP contribution in [0.2, 0.25) is 0 Å². The van der Waals surface area contributed by atoms with Gasteiger partial charge in [-0.15, -0.1) is 6.58 Å². The van der Waals surface area contributed by atoms with Crippen LogP contribution in [-0.2, 0) is 0 Å². The maximum atomic E-state index is 10.0. The zero-order valence-electron chi connectivity index (χ0n) is 11.2. The Morgan fingerprint density at radius 1 is 1.69 bits per heavy atom. The third-order valence-corrected chi connectivity index (χ3v) is 4.63. The fourth-order valence-corrected chi connectivity index (χ4v) is 2.55. The van der Waals surface area contributed by atoms with Crippen molar-refractivity contribution in [2.45, 2.75) is 59.0 Å². The SMILES string of the molecule is C=C[C@](C)(O)CC[C@]1(C)C(C)=CCC[C@H]1C. The summed E-state index contributed by atoms with van der Waals surface area (Å²) in [4.78, 5) is 0. The van der Waals surface area contributed by atoms with E-state index in [1.807, 2.05) is 6.92 Å². The summed E-state index contributed by atoms with van der Waals surface area (Å²) in [6.45, 7) is 12.4. The molecule has 3 atom stereocenters. The Morgan fingerprint density at radius 3 is 2.81 bits per heavy atom. The van der Waals surface area contributed by atoms with Crippen molar-refractivity contribution in [3.05, 3.63) is 24.3 Å². The Kier molecular flexibility index (Phi) is 4.01. The lowest BCUT2D eigenvalue weighted by molar-refractivity contribution is 0.0759. The van der Waals surface area contributed by atoms with Crippen LogP contribution in [0.3, 0.4) is 0 Å². The molecule has 0 bridgehead atoms. The Balaban J connectivity index is 2.73. The van der Waals surface area contributed by atoms with Crippen molar-refractivity contribution < 1.29 is 5.11 Å². The normalized spacial score (nSPS) is 34.1. The Bertz CT molecular complexity index is 288. The van der Waals surface area contributed by atoms with Gasteiger partial charge in [-0.05, 0) is 50.9 Å². The van der Waals surface area contributed by atoms with E-state index in [4.69, 9.17) is 0 Å². The first-order chi connectivity index (χ1) is 7.32. The molecule has 0 saturated heterocycles. The van der Waals surface area contributed by atoms with Gasteiger partial charge in [0.15, 0.2) is 0 Å². The fraction of sp³-hybridized carbons (Fsp3) is 0.733. The van der Waals surface area contributed by atoms with Crippen LogP contribution in [0.5, 0.6) is 0 Å². The van der Waals surface area contributed by atoms with Gasteiger partial charge in [0.1, 0.15) is 0 Å². The molecule has 0 aromatic heterocycles. The molecule has 0 aromatic rings. The maximum absolute atomic E-state index is 10.0. The monoisotopic (exact) mass is 222 g/mol. The van der Waals surface area contributed by atoms with Crippen molar-refractivity contribution in [1.82, 2.24) is 0 Å². The van der Waals surface area contributed by atoms with Crippen LogP contribution in [0.1, 0.15) is 53.4 Å². The summed E-state index contributed by atoms with van der Waals surface area (Å²) < 4.78 is 0. The molecule has 0 unspecified atom stereocenters. The van der Waals surface area contributed by atoms with Crippen LogP contribution >= 0.6 is 0 Å². The molecule has 16 heavy (non-hydrogen) atoms. The smallest absolute Gasteiger partial charge is 0.0797 e. The summed E-state index contributed by atoms with van der Waals surface area (Å²) >= 11 is 0. The topological polar surface area (TPSA) is 20.2 Å². The van der Waals surface area contributed by atoms with Crippen LogP contribution in [0.15, 0.2) is 24.3 Å². The lowest BCUT2D eigenvalue weighted by Crippen LogP contribution is -2.32. The summed E-state index contributed by atoms with van der Waals surface area (Å²) in [6, 6.07) is 0. The van der Waals surface area contributed by atoms with Gasteiger partial charge in [0, 0.05) is 0 Å². The van der Waals surface area contributed by atoms with Gasteiger partial charge in [-0.1, -0.05) is 31.6 Å². The standard InChI is InChI=1S/C15H26O/c1-6-14(4,16)10-11-15(5)12(2)8-7-9-13(15)3/h6,8,13,16H,1,7,9-11H2,2-5H3/t13-,14+,15-/m1/s1. The highest BCUT2D eigenvalue weighted by Gasteiger charge is 2.35. The molecule has 1 aliphatic rings. The summed E-state index contributed by atoms with van der Waals surface area (Å²) in [5.41, 5.74) is 1.03. The van der Waals surface area contributed by atoms with Gasteiger partial charge < -0.3 is 5.11 Å². The molecule has 0 radical (unpaired) electrons. The largest absolute Gasteiger partial charge is 0.386 e. The van der Waals surface area contributed by atoms with E-state index >= 15 is 0 Å². The molecular weight excluding hydrogens is 196 g/mol. The molecule has 1 aliphatic carbocycles. The second kappa shape index (κ2) is 4.75. The van der Waals surface area contributed by atoms with Gasteiger partial charge in [-0.25, -0.2) is 0 Å². The fourth-order valence-electron chi connectivity index (χ4n) is 2.55. The Hall–Kier alpha value is -0.560. The van der Waals surface area contributed by atoms with Crippen molar-refractivity contribution in [3.8, 4) is 0 Å². The van der Waals surface area contributed by atoms with Gasteiger partial charge in [0.25, 0.3) is 0 Å². The minimum absolute atomic E-state index is 0.255. The molecule has 1 rings (SSSR count).